The molecule has 0 bridgehead atoms. The lowest BCUT2D eigenvalue weighted by Gasteiger charge is -2.17. The molecule has 2 N–H and O–H groups in total. The average molecular weight is 390 g/mol. The molecule has 1 amide bonds. The number of rotatable bonds is 4. The van der Waals surface area contributed by atoms with Gasteiger partial charge in [0.1, 0.15) is 12.1 Å². The number of nitrogen functional groups attached to an aromatic ring is 1. The first-order valence-electron chi connectivity index (χ1n) is 9.48. The standard InChI is InChI=1S/C22H22N4O3/c1-29-22(28)18-12-26(11-16(18)9-14-5-3-2-4-6-14)21(27)15-7-8-17-19(10-15)24-13-25-20(17)23/h2-8,10,13,16,18H,9,11-12H2,1H3,(H2,23,24,25)/t16-,18-/m1/s1. The minimum absolute atomic E-state index is 0.00669. The van der Waals surface area contributed by atoms with Gasteiger partial charge >= 0.3 is 5.97 Å². The summed E-state index contributed by atoms with van der Waals surface area (Å²) in [6, 6.07) is 15.2. The van der Waals surface area contributed by atoms with E-state index in [-0.39, 0.29) is 23.7 Å². The first kappa shape index (κ1) is 18.9. The lowest BCUT2D eigenvalue weighted by atomic mass is 9.90. The molecule has 1 aliphatic rings. The smallest absolute Gasteiger partial charge is 0.310 e. The Morgan fingerprint density at radius 1 is 1.14 bits per heavy atom. The molecule has 0 spiro atoms. The zero-order chi connectivity index (χ0) is 20.4. The second-order valence-corrected chi connectivity index (χ2v) is 7.28. The van der Waals surface area contributed by atoms with Crippen LogP contribution in [0.25, 0.3) is 10.9 Å². The molecular weight excluding hydrogens is 368 g/mol. The van der Waals surface area contributed by atoms with Crippen molar-refractivity contribution in [3.05, 3.63) is 66.0 Å². The quantitative estimate of drug-likeness (QED) is 0.687. The van der Waals surface area contributed by atoms with Gasteiger partial charge in [-0.3, -0.25) is 9.59 Å². The van der Waals surface area contributed by atoms with E-state index in [1.807, 2.05) is 30.3 Å². The predicted molar refractivity (Wildman–Crippen MR) is 109 cm³/mol. The number of carbonyl (C=O) groups is 2. The number of anilines is 1. The van der Waals surface area contributed by atoms with Crippen molar-refractivity contribution in [2.75, 3.05) is 25.9 Å². The predicted octanol–water partition coefficient (Wildman–Crippen LogP) is 2.32. The topological polar surface area (TPSA) is 98.4 Å². The fourth-order valence-electron chi connectivity index (χ4n) is 3.97. The molecule has 0 radical (unpaired) electrons. The zero-order valence-corrected chi connectivity index (χ0v) is 16.1. The van der Waals surface area contributed by atoms with Crippen LogP contribution >= 0.6 is 0 Å². The SMILES string of the molecule is COC(=O)[C@@H]1CN(C(=O)c2ccc3c(N)ncnc3c2)C[C@H]1Cc1ccccc1. The molecule has 0 saturated carbocycles. The van der Waals surface area contributed by atoms with E-state index in [2.05, 4.69) is 9.97 Å². The molecule has 29 heavy (non-hydrogen) atoms. The Labute approximate surface area is 168 Å². The number of likely N-dealkylation sites (tertiary alicyclic amines) is 1. The molecule has 4 rings (SSSR count). The third-order valence-corrected chi connectivity index (χ3v) is 5.49. The van der Waals surface area contributed by atoms with Gasteiger partial charge in [0, 0.05) is 24.0 Å². The summed E-state index contributed by atoms with van der Waals surface area (Å²) in [6.07, 6.45) is 2.09. The van der Waals surface area contributed by atoms with Crippen LogP contribution in [0.3, 0.4) is 0 Å². The summed E-state index contributed by atoms with van der Waals surface area (Å²) < 4.78 is 5.00. The third kappa shape index (κ3) is 3.76. The van der Waals surface area contributed by atoms with Gasteiger partial charge in [-0.1, -0.05) is 30.3 Å². The van der Waals surface area contributed by atoms with Crippen LogP contribution in [0.2, 0.25) is 0 Å². The van der Waals surface area contributed by atoms with E-state index < -0.39 is 0 Å². The second-order valence-electron chi connectivity index (χ2n) is 7.28. The van der Waals surface area contributed by atoms with E-state index in [1.165, 1.54) is 13.4 Å². The summed E-state index contributed by atoms with van der Waals surface area (Å²) in [5, 5.41) is 0.708. The van der Waals surface area contributed by atoms with E-state index in [1.54, 1.807) is 23.1 Å². The summed E-state index contributed by atoms with van der Waals surface area (Å²) in [5.74, 6) is -0.368. The van der Waals surface area contributed by atoms with Gasteiger partial charge < -0.3 is 15.4 Å². The molecule has 1 fully saturated rings. The number of hydrogen-bond acceptors (Lipinski definition) is 6. The van der Waals surface area contributed by atoms with Crippen molar-refractivity contribution in [1.29, 1.82) is 0 Å². The largest absolute Gasteiger partial charge is 0.469 e. The summed E-state index contributed by atoms with van der Waals surface area (Å²) in [6.45, 7) is 0.838. The Balaban J connectivity index is 1.58. The number of aromatic nitrogens is 2. The molecule has 0 aliphatic carbocycles. The van der Waals surface area contributed by atoms with E-state index in [0.717, 1.165) is 5.56 Å². The summed E-state index contributed by atoms with van der Waals surface area (Å²) in [7, 11) is 1.39. The number of carbonyl (C=O) groups excluding carboxylic acids is 2. The number of esters is 1. The van der Waals surface area contributed by atoms with Crippen LogP contribution in [0.5, 0.6) is 0 Å². The Morgan fingerprint density at radius 3 is 2.69 bits per heavy atom. The third-order valence-electron chi connectivity index (χ3n) is 5.49. The van der Waals surface area contributed by atoms with Crippen LogP contribution < -0.4 is 5.73 Å². The van der Waals surface area contributed by atoms with Gasteiger partial charge in [-0.05, 0) is 36.1 Å². The average Bonchev–Trinajstić information content (AvgIpc) is 3.17. The number of hydrogen-bond donors (Lipinski definition) is 1. The molecule has 148 valence electrons. The molecule has 2 heterocycles. The molecule has 2 aromatic carbocycles. The van der Waals surface area contributed by atoms with Crippen LogP contribution in [-0.2, 0) is 16.0 Å². The molecule has 1 aromatic heterocycles. The zero-order valence-electron chi connectivity index (χ0n) is 16.1. The number of fused-ring (bicyclic) bond motifs is 1. The maximum absolute atomic E-state index is 13.1. The lowest BCUT2D eigenvalue weighted by Crippen LogP contribution is -2.30. The van der Waals surface area contributed by atoms with Crippen molar-refractivity contribution >= 4 is 28.6 Å². The lowest BCUT2D eigenvalue weighted by molar-refractivity contribution is -0.146. The highest BCUT2D eigenvalue weighted by Gasteiger charge is 2.40. The molecule has 0 unspecified atom stereocenters. The monoisotopic (exact) mass is 390 g/mol. The fourth-order valence-corrected chi connectivity index (χ4v) is 3.97. The minimum Gasteiger partial charge on any atom is -0.469 e. The summed E-state index contributed by atoms with van der Waals surface area (Å²) >= 11 is 0. The van der Waals surface area contributed by atoms with Gasteiger partial charge in [0.05, 0.1) is 18.5 Å². The minimum atomic E-state index is -0.345. The van der Waals surface area contributed by atoms with Crippen molar-refractivity contribution in [3.63, 3.8) is 0 Å². The van der Waals surface area contributed by atoms with Crippen molar-refractivity contribution in [3.8, 4) is 0 Å². The molecule has 7 nitrogen and oxygen atoms in total. The number of methoxy groups -OCH3 is 1. The molecule has 3 aromatic rings. The Kier molecular flexibility index (Phi) is 5.12. The molecule has 2 atom stereocenters. The van der Waals surface area contributed by atoms with Crippen molar-refractivity contribution in [2.45, 2.75) is 6.42 Å². The van der Waals surface area contributed by atoms with Crippen LogP contribution in [-0.4, -0.2) is 46.9 Å². The first-order chi connectivity index (χ1) is 14.1. The maximum Gasteiger partial charge on any atom is 0.310 e. The van der Waals surface area contributed by atoms with Crippen LogP contribution in [0, 0.1) is 11.8 Å². The van der Waals surface area contributed by atoms with E-state index in [9.17, 15) is 9.59 Å². The van der Waals surface area contributed by atoms with Crippen LogP contribution in [0.4, 0.5) is 5.82 Å². The molecule has 1 saturated heterocycles. The van der Waals surface area contributed by atoms with Crippen molar-refractivity contribution in [1.82, 2.24) is 14.9 Å². The van der Waals surface area contributed by atoms with Crippen LogP contribution in [0.15, 0.2) is 54.9 Å². The van der Waals surface area contributed by atoms with E-state index in [0.29, 0.717) is 41.8 Å². The van der Waals surface area contributed by atoms with Crippen LogP contribution in [0.1, 0.15) is 15.9 Å². The number of nitrogens with zero attached hydrogens (tertiary/aromatic N) is 3. The van der Waals surface area contributed by atoms with Gasteiger partial charge in [0.2, 0.25) is 0 Å². The Hall–Kier alpha value is -3.48. The Bertz CT molecular complexity index is 1050. The van der Waals surface area contributed by atoms with Gasteiger partial charge in [-0.2, -0.15) is 0 Å². The highest BCUT2D eigenvalue weighted by Crippen LogP contribution is 2.29. The van der Waals surface area contributed by atoms with Crippen molar-refractivity contribution < 1.29 is 14.3 Å². The molecule has 1 aliphatic heterocycles. The molecular formula is C22H22N4O3. The van der Waals surface area contributed by atoms with Gasteiger partial charge in [-0.15, -0.1) is 0 Å². The number of nitrogens with two attached hydrogens (primary N) is 1. The van der Waals surface area contributed by atoms with Gasteiger partial charge in [0.25, 0.3) is 5.91 Å². The molecule has 7 heteroatoms. The normalized spacial score (nSPS) is 18.7. The highest BCUT2D eigenvalue weighted by molar-refractivity contribution is 5.99. The summed E-state index contributed by atoms with van der Waals surface area (Å²) in [4.78, 5) is 35.4. The van der Waals surface area contributed by atoms with E-state index >= 15 is 0 Å². The Morgan fingerprint density at radius 2 is 1.93 bits per heavy atom. The number of amides is 1. The maximum atomic E-state index is 13.1. The number of ether oxygens (including phenoxy) is 1. The van der Waals surface area contributed by atoms with Gasteiger partial charge in [0.15, 0.2) is 0 Å². The first-order valence-corrected chi connectivity index (χ1v) is 9.48. The fraction of sp³-hybridized carbons (Fsp3) is 0.273. The van der Waals surface area contributed by atoms with E-state index in [4.69, 9.17) is 10.5 Å². The van der Waals surface area contributed by atoms with Crippen molar-refractivity contribution in [2.24, 2.45) is 11.8 Å². The second kappa shape index (κ2) is 7.87. The highest BCUT2D eigenvalue weighted by atomic mass is 16.5. The summed E-state index contributed by atoms with van der Waals surface area (Å²) in [5.41, 5.74) is 8.13. The van der Waals surface area contributed by atoms with Gasteiger partial charge in [-0.25, -0.2) is 9.97 Å². The number of benzene rings is 2.